The molecule has 0 atom stereocenters. The standard InChI is InChI=1S/C27H20N2O4/c1-2-32-27(31)20-9-7-19(8-10-20)25-14-13-24(33-25)16-22(17-28)26(30)29-23-12-11-18-5-3-4-6-21(18)15-23/h3-16H,2H2,1H3,(H,29,30)/b22-16-. The SMILES string of the molecule is CCOC(=O)c1ccc(-c2ccc(/C=C(/C#N)C(=O)Nc3ccc4ccccc4c3)o2)cc1. The maximum Gasteiger partial charge on any atom is 0.338 e. The number of rotatable bonds is 6. The van der Waals surface area contributed by atoms with Crippen molar-refractivity contribution in [2.24, 2.45) is 0 Å². The summed E-state index contributed by atoms with van der Waals surface area (Å²) in [5, 5.41) is 14.3. The first-order valence-corrected chi connectivity index (χ1v) is 10.4. The highest BCUT2D eigenvalue weighted by molar-refractivity contribution is 6.10. The van der Waals surface area contributed by atoms with Crippen LogP contribution in [-0.2, 0) is 9.53 Å². The number of carbonyl (C=O) groups is 2. The Morgan fingerprint density at radius 3 is 2.48 bits per heavy atom. The smallest absolute Gasteiger partial charge is 0.338 e. The van der Waals surface area contributed by atoms with Gasteiger partial charge in [0, 0.05) is 17.3 Å². The number of hydrogen-bond acceptors (Lipinski definition) is 5. The fraction of sp³-hybridized carbons (Fsp3) is 0.0741. The van der Waals surface area contributed by atoms with E-state index in [0.717, 1.165) is 16.3 Å². The van der Waals surface area contributed by atoms with Crippen molar-refractivity contribution >= 4 is 34.4 Å². The number of esters is 1. The summed E-state index contributed by atoms with van der Waals surface area (Å²) in [5.74, 6) is 0.00120. The van der Waals surface area contributed by atoms with Gasteiger partial charge in [-0.25, -0.2) is 4.79 Å². The molecule has 0 unspecified atom stereocenters. The predicted molar refractivity (Wildman–Crippen MR) is 126 cm³/mol. The quantitative estimate of drug-likeness (QED) is 0.233. The lowest BCUT2D eigenvalue weighted by atomic mass is 10.1. The van der Waals surface area contributed by atoms with Crippen molar-refractivity contribution in [3.63, 3.8) is 0 Å². The summed E-state index contributed by atoms with van der Waals surface area (Å²) < 4.78 is 10.8. The Bertz CT molecular complexity index is 1390. The number of anilines is 1. The Labute approximate surface area is 190 Å². The summed E-state index contributed by atoms with van der Waals surface area (Å²) >= 11 is 0. The second-order valence-electron chi connectivity index (χ2n) is 7.19. The number of fused-ring (bicyclic) bond motifs is 1. The molecule has 1 amide bonds. The second-order valence-corrected chi connectivity index (χ2v) is 7.19. The van der Waals surface area contributed by atoms with Gasteiger partial charge in [-0.15, -0.1) is 0 Å². The van der Waals surface area contributed by atoms with Crippen molar-refractivity contribution in [1.29, 1.82) is 5.26 Å². The first-order valence-electron chi connectivity index (χ1n) is 10.4. The highest BCUT2D eigenvalue weighted by atomic mass is 16.5. The van der Waals surface area contributed by atoms with Crippen molar-refractivity contribution in [1.82, 2.24) is 0 Å². The third-order valence-electron chi connectivity index (χ3n) is 4.97. The summed E-state index contributed by atoms with van der Waals surface area (Å²) in [6.45, 7) is 2.06. The number of nitrogens with zero attached hydrogens (tertiary/aromatic N) is 1. The Hall–Kier alpha value is -4.63. The van der Waals surface area contributed by atoms with Crippen LogP contribution in [0.1, 0.15) is 23.0 Å². The van der Waals surface area contributed by atoms with Crippen LogP contribution >= 0.6 is 0 Å². The number of nitrogens with one attached hydrogen (secondary N) is 1. The summed E-state index contributed by atoms with van der Waals surface area (Å²) in [5.41, 5.74) is 1.72. The molecule has 4 rings (SSSR count). The number of amides is 1. The third kappa shape index (κ3) is 5.00. The van der Waals surface area contributed by atoms with Gasteiger partial charge in [-0.05, 0) is 54.1 Å². The second kappa shape index (κ2) is 9.67. The van der Waals surface area contributed by atoms with Crippen molar-refractivity contribution < 1.29 is 18.7 Å². The van der Waals surface area contributed by atoms with Crippen LogP contribution in [0.4, 0.5) is 5.69 Å². The highest BCUT2D eigenvalue weighted by Gasteiger charge is 2.13. The zero-order valence-corrected chi connectivity index (χ0v) is 17.9. The minimum Gasteiger partial charge on any atom is -0.462 e. The van der Waals surface area contributed by atoms with Crippen LogP contribution in [-0.4, -0.2) is 18.5 Å². The van der Waals surface area contributed by atoms with Crippen LogP contribution in [0, 0.1) is 11.3 Å². The molecule has 6 nitrogen and oxygen atoms in total. The van der Waals surface area contributed by atoms with Gasteiger partial charge in [-0.3, -0.25) is 4.79 Å². The van der Waals surface area contributed by atoms with E-state index in [1.165, 1.54) is 6.08 Å². The average molecular weight is 436 g/mol. The summed E-state index contributed by atoms with van der Waals surface area (Å²) in [6, 6.07) is 25.5. The Balaban J connectivity index is 1.49. The molecule has 0 aliphatic heterocycles. The zero-order valence-electron chi connectivity index (χ0n) is 17.9. The first-order chi connectivity index (χ1) is 16.1. The molecule has 6 heteroatoms. The number of carbonyl (C=O) groups excluding carboxylic acids is 2. The molecule has 1 aromatic heterocycles. The highest BCUT2D eigenvalue weighted by Crippen LogP contribution is 2.25. The average Bonchev–Trinajstić information content (AvgIpc) is 3.31. The fourth-order valence-corrected chi connectivity index (χ4v) is 3.33. The van der Waals surface area contributed by atoms with E-state index in [0.29, 0.717) is 29.4 Å². The largest absolute Gasteiger partial charge is 0.462 e. The van der Waals surface area contributed by atoms with E-state index in [1.807, 2.05) is 42.5 Å². The van der Waals surface area contributed by atoms with Crippen LogP contribution in [0.5, 0.6) is 0 Å². The monoisotopic (exact) mass is 436 g/mol. The summed E-state index contributed by atoms with van der Waals surface area (Å²) in [7, 11) is 0. The van der Waals surface area contributed by atoms with Crippen molar-refractivity contribution in [2.45, 2.75) is 6.92 Å². The van der Waals surface area contributed by atoms with Gasteiger partial charge in [0.25, 0.3) is 5.91 Å². The zero-order chi connectivity index (χ0) is 23.2. The Morgan fingerprint density at radius 2 is 1.76 bits per heavy atom. The molecule has 0 aliphatic carbocycles. The molecule has 4 aromatic rings. The number of nitriles is 1. The van der Waals surface area contributed by atoms with Crippen molar-refractivity contribution in [3.05, 3.63) is 95.8 Å². The molecule has 0 saturated carbocycles. The van der Waals surface area contributed by atoms with Crippen LogP contribution in [0.25, 0.3) is 28.2 Å². The first kappa shape index (κ1) is 21.6. The molecule has 0 spiro atoms. The van der Waals surface area contributed by atoms with Crippen molar-refractivity contribution in [3.8, 4) is 17.4 Å². The molecule has 0 bridgehead atoms. The normalized spacial score (nSPS) is 11.1. The maximum atomic E-state index is 12.6. The molecule has 0 fully saturated rings. The van der Waals surface area contributed by atoms with Crippen LogP contribution in [0.2, 0.25) is 0 Å². The van der Waals surface area contributed by atoms with Gasteiger partial charge in [-0.2, -0.15) is 5.26 Å². The van der Waals surface area contributed by atoms with Crippen LogP contribution in [0.3, 0.4) is 0 Å². The lowest BCUT2D eigenvalue weighted by molar-refractivity contribution is -0.112. The molecule has 3 aromatic carbocycles. The van der Waals surface area contributed by atoms with Crippen molar-refractivity contribution in [2.75, 3.05) is 11.9 Å². The fourth-order valence-electron chi connectivity index (χ4n) is 3.33. The van der Waals surface area contributed by atoms with Gasteiger partial charge in [0.2, 0.25) is 0 Å². The van der Waals surface area contributed by atoms with E-state index in [-0.39, 0.29) is 11.5 Å². The number of ether oxygens (including phenoxy) is 1. The lowest BCUT2D eigenvalue weighted by Gasteiger charge is -2.06. The van der Waals surface area contributed by atoms with Gasteiger partial charge in [0.1, 0.15) is 23.2 Å². The molecule has 162 valence electrons. The van der Waals surface area contributed by atoms with E-state index < -0.39 is 5.91 Å². The summed E-state index contributed by atoms with van der Waals surface area (Å²) in [4.78, 5) is 24.4. The lowest BCUT2D eigenvalue weighted by Crippen LogP contribution is -2.13. The van der Waals surface area contributed by atoms with E-state index in [2.05, 4.69) is 5.32 Å². The van der Waals surface area contributed by atoms with Gasteiger partial charge < -0.3 is 14.5 Å². The summed E-state index contributed by atoms with van der Waals surface area (Å²) in [6.07, 6.45) is 1.40. The van der Waals surface area contributed by atoms with E-state index in [9.17, 15) is 14.9 Å². The number of hydrogen-bond donors (Lipinski definition) is 1. The Kier molecular flexibility index (Phi) is 6.33. The van der Waals surface area contributed by atoms with Crippen LogP contribution < -0.4 is 5.32 Å². The topological polar surface area (TPSA) is 92.3 Å². The maximum absolute atomic E-state index is 12.6. The van der Waals surface area contributed by atoms with E-state index >= 15 is 0 Å². The minimum atomic E-state index is -0.524. The minimum absolute atomic E-state index is 0.0817. The van der Waals surface area contributed by atoms with Gasteiger partial charge in [0.15, 0.2) is 0 Å². The molecule has 0 aliphatic rings. The molecule has 0 radical (unpaired) electrons. The van der Waals surface area contributed by atoms with Gasteiger partial charge in [0.05, 0.1) is 12.2 Å². The molecular formula is C27H20N2O4. The number of furan rings is 1. The predicted octanol–water partition coefficient (Wildman–Crippen LogP) is 5.82. The van der Waals surface area contributed by atoms with E-state index in [1.54, 1.807) is 49.4 Å². The van der Waals surface area contributed by atoms with Crippen LogP contribution in [0.15, 0.2) is 88.9 Å². The van der Waals surface area contributed by atoms with Gasteiger partial charge >= 0.3 is 5.97 Å². The van der Waals surface area contributed by atoms with Gasteiger partial charge in [-0.1, -0.05) is 42.5 Å². The molecule has 1 heterocycles. The number of benzene rings is 3. The molecule has 0 saturated heterocycles. The third-order valence-corrected chi connectivity index (χ3v) is 4.97. The molecule has 33 heavy (non-hydrogen) atoms. The van der Waals surface area contributed by atoms with E-state index in [4.69, 9.17) is 9.15 Å². The Morgan fingerprint density at radius 1 is 1.00 bits per heavy atom. The molecular weight excluding hydrogens is 416 g/mol. The molecule has 1 N–H and O–H groups in total.